The van der Waals surface area contributed by atoms with E-state index in [1.54, 1.807) is 0 Å². The van der Waals surface area contributed by atoms with E-state index in [0.29, 0.717) is 6.04 Å². The average molecular weight is 268 g/mol. The van der Waals surface area contributed by atoms with Crippen molar-refractivity contribution >= 4 is 0 Å². The smallest absolute Gasteiger partial charge is 0.0718 e. The van der Waals surface area contributed by atoms with Gasteiger partial charge in [-0.2, -0.15) is 0 Å². The molecule has 1 rings (SSSR count). The number of nitrogens with zero attached hydrogens (tertiary/aromatic N) is 1. The summed E-state index contributed by atoms with van der Waals surface area (Å²) in [7, 11) is 2.05. The number of likely N-dealkylation sites (tertiary alicyclic amines) is 1. The molecule has 0 saturated carbocycles. The second-order valence-electron chi connectivity index (χ2n) is 6.55. The zero-order valence-corrected chi connectivity index (χ0v) is 13.0. The molecule has 0 aromatic heterocycles. The summed E-state index contributed by atoms with van der Waals surface area (Å²) in [6.45, 7) is 11.1. The lowest BCUT2D eigenvalue weighted by Crippen LogP contribution is -2.41. The Labute approximate surface area is 119 Å². The Bertz CT molecular complexity index is 265. The van der Waals surface area contributed by atoms with Crippen LogP contribution in [0.15, 0.2) is 12.7 Å². The van der Waals surface area contributed by atoms with Crippen LogP contribution in [0.1, 0.15) is 46.0 Å². The molecule has 112 valence electrons. The van der Waals surface area contributed by atoms with Crippen molar-refractivity contribution in [1.29, 1.82) is 0 Å². The molecule has 0 aromatic rings. The zero-order chi connectivity index (χ0) is 14.3. The van der Waals surface area contributed by atoms with Crippen LogP contribution in [0.25, 0.3) is 0 Å². The molecule has 0 bridgehead atoms. The highest BCUT2D eigenvalue weighted by molar-refractivity contribution is 4.84. The third-order valence-electron chi connectivity index (χ3n) is 4.55. The van der Waals surface area contributed by atoms with Gasteiger partial charge in [-0.05, 0) is 57.7 Å². The maximum absolute atomic E-state index is 10.5. The van der Waals surface area contributed by atoms with Gasteiger partial charge in [0.05, 0.1) is 6.10 Å². The minimum Gasteiger partial charge on any atom is -0.391 e. The fourth-order valence-corrected chi connectivity index (χ4v) is 2.76. The second-order valence-corrected chi connectivity index (χ2v) is 6.55. The minimum absolute atomic E-state index is 0.0249. The molecule has 0 radical (unpaired) electrons. The van der Waals surface area contributed by atoms with Crippen molar-refractivity contribution in [2.75, 3.05) is 26.7 Å². The van der Waals surface area contributed by atoms with E-state index in [4.69, 9.17) is 0 Å². The first-order chi connectivity index (χ1) is 8.99. The molecule has 2 atom stereocenters. The Morgan fingerprint density at radius 2 is 2.16 bits per heavy atom. The van der Waals surface area contributed by atoms with E-state index >= 15 is 0 Å². The topological polar surface area (TPSA) is 35.5 Å². The first-order valence-electron chi connectivity index (χ1n) is 7.68. The van der Waals surface area contributed by atoms with E-state index in [0.717, 1.165) is 32.5 Å². The highest BCUT2D eigenvalue weighted by Gasteiger charge is 2.29. The Morgan fingerprint density at radius 1 is 1.42 bits per heavy atom. The van der Waals surface area contributed by atoms with Crippen LogP contribution in [0.3, 0.4) is 0 Å². The highest BCUT2D eigenvalue weighted by Crippen LogP contribution is 2.28. The van der Waals surface area contributed by atoms with Crippen LogP contribution in [0.5, 0.6) is 0 Å². The molecule has 3 heteroatoms. The molecule has 1 fully saturated rings. The van der Waals surface area contributed by atoms with Crippen LogP contribution >= 0.6 is 0 Å². The monoisotopic (exact) mass is 268 g/mol. The van der Waals surface area contributed by atoms with E-state index in [1.807, 2.05) is 13.1 Å². The SMILES string of the molecule is C=CCCC(C)(C)[C@@H](O)CN1CCCC(NC)CC1. The summed E-state index contributed by atoms with van der Waals surface area (Å²) in [6, 6.07) is 0.649. The molecule has 1 aliphatic heterocycles. The van der Waals surface area contributed by atoms with E-state index in [2.05, 4.69) is 30.6 Å². The lowest BCUT2D eigenvalue weighted by Gasteiger charge is -2.34. The summed E-state index contributed by atoms with van der Waals surface area (Å²) >= 11 is 0. The van der Waals surface area contributed by atoms with Crippen LogP contribution in [0.4, 0.5) is 0 Å². The molecule has 0 spiro atoms. The van der Waals surface area contributed by atoms with Gasteiger partial charge < -0.3 is 15.3 Å². The number of nitrogens with one attached hydrogen (secondary N) is 1. The summed E-state index contributed by atoms with van der Waals surface area (Å²) in [5.41, 5.74) is -0.0249. The van der Waals surface area contributed by atoms with E-state index in [1.165, 1.54) is 19.3 Å². The van der Waals surface area contributed by atoms with Crippen molar-refractivity contribution in [3.8, 4) is 0 Å². The molecule has 2 N–H and O–H groups in total. The van der Waals surface area contributed by atoms with Crippen LogP contribution in [0, 0.1) is 5.41 Å². The van der Waals surface area contributed by atoms with Crippen molar-refractivity contribution in [3.05, 3.63) is 12.7 Å². The fourth-order valence-electron chi connectivity index (χ4n) is 2.76. The Balaban J connectivity index is 2.42. The highest BCUT2D eigenvalue weighted by atomic mass is 16.3. The fraction of sp³-hybridized carbons (Fsp3) is 0.875. The van der Waals surface area contributed by atoms with Crippen LogP contribution in [-0.4, -0.2) is 48.8 Å². The van der Waals surface area contributed by atoms with Crippen molar-refractivity contribution in [2.24, 2.45) is 5.41 Å². The number of aliphatic hydroxyl groups is 1. The molecule has 0 amide bonds. The van der Waals surface area contributed by atoms with Crippen LogP contribution in [0.2, 0.25) is 0 Å². The first kappa shape index (κ1) is 16.7. The van der Waals surface area contributed by atoms with Gasteiger partial charge in [0, 0.05) is 12.6 Å². The van der Waals surface area contributed by atoms with Gasteiger partial charge in [0.1, 0.15) is 0 Å². The minimum atomic E-state index is -0.251. The molecular formula is C16H32N2O. The van der Waals surface area contributed by atoms with Gasteiger partial charge in [0.2, 0.25) is 0 Å². The number of aliphatic hydroxyl groups excluding tert-OH is 1. The predicted molar refractivity (Wildman–Crippen MR) is 82.4 cm³/mol. The molecule has 1 unspecified atom stereocenters. The van der Waals surface area contributed by atoms with Gasteiger partial charge in [-0.15, -0.1) is 6.58 Å². The summed E-state index contributed by atoms with van der Waals surface area (Å²) < 4.78 is 0. The van der Waals surface area contributed by atoms with Crippen LogP contribution in [-0.2, 0) is 0 Å². The molecule has 1 heterocycles. The molecule has 3 nitrogen and oxygen atoms in total. The number of hydrogen-bond acceptors (Lipinski definition) is 3. The summed E-state index contributed by atoms with van der Waals surface area (Å²) in [6.07, 6.45) is 7.34. The molecule has 0 aromatic carbocycles. The van der Waals surface area contributed by atoms with Gasteiger partial charge in [-0.3, -0.25) is 0 Å². The van der Waals surface area contributed by atoms with Gasteiger partial charge in [-0.1, -0.05) is 19.9 Å². The number of β-amino-alcohol motifs (C(OH)–C–C–N with tert-alkyl or cyclic N) is 1. The summed E-state index contributed by atoms with van der Waals surface area (Å²) in [5.74, 6) is 0. The zero-order valence-electron chi connectivity index (χ0n) is 13.0. The van der Waals surface area contributed by atoms with E-state index < -0.39 is 0 Å². The largest absolute Gasteiger partial charge is 0.391 e. The molecule has 19 heavy (non-hydrogen) atoms. The van der Waals surface area contributed by atoms with Crippen molar-refractivity contribution in [1.82, 2.24) is 10.2 Å². The van der Waals surface area contributed by atoms with E-state index in [-0.39, 0.29) is 11.5 Å². The average Bonchev–Trinajstić information content (AvgIpc) is 2.61. The van der Waals surface area contributed by atoms with Gasteiger partial charge >= 0.3 is 0 Å². The Morgan fingerprint density at radius 3 is 2.79 bits per heavy atom. The standard InChI is InChI=1S/C16H32N2O/c1-5-6-10-16(2,3)15(19)13-18-11-7-8-14(17-4)9-12-18/h5,14-15,17,19H,1,6-13H2,2-4H3/t14?,15-/m0/s1. The van der Waals surface area contributed by atoms with Crippen molar-refractivity contribution < 1.29 is 5.11 Å². The van der Waals surface area contributed by atoms with Gasteiger partial charge in [0.25, 0.3) is 0 Å². The lowest BCUT2D eigenvalue weighted by atomic mass is 9.81. The first-order valence-corrected chi connectivity index (χ1v) is 7.68. The van der Waals surface area contributed by atoms with Gasteiger partial charge in [-0.25, -0.2) is 0 Å². The summed E-state index contributed by atoms with van der Waals surface area (Å²) in [5, 5.41) is 13.9. The molecule has 1 aliphatic rings. The van der Waals surface area contributed by atoms with Crippen LogP contribution < -0.4 is 5.32 Å². The number of hydrogen-bond donors (Lipinski definition) is 2. The lowest BCUT2D eigenvalue weighted by molar-refractivity contribution is 0.0147. The summed E-state index contributed by atoms with van der Waals surface area (Å²) in [4.78, 5) is 2.43. The Kier molecular flexibility index (Phi) is 7.05. The third-order valence-corrected chi connectivity index (χ3v) is 4.55. The number of rotatable bonds is 7. The normalized spacial score (nSPS) is 23.9. The van der Waals surface area contributed by atoms with Crippen molar-refractivity contribution in [3.63, 3.8) is 0 Å². The van der Waals surface area contributed by atoms with Crippen molar-refractivity contribution in [2.45, 2.75) is 58.1 Å². The second kappa shape index (κ2) is 8.03. The molecule has 0 aliphatic carbocycles. The quantitative estimate of drug-likeness (QED) is 0.696. The van der Waals surface area contributed by atoms with Gasteiger partial charge in [0.15, 0.2) is 0 Å². The third kappa shape index (κ3) is 5.64. The maximum Gasteiger partial charge on any atom is 0.0718 e. The molecular weight excluding hydrogens is 236 g/mol. The van der Waals surface area contributed by atoms with E-state index in [9.17, 15) is 5.11 Å². The maximum atomic E-state index is 10.5. The molecule has 1 saturated heterocycles. The Hall–Kier alpha value is -0.380. The number of allylic oxidation sites excluding steroid dienone is 1. The predicted octanol–water partition coefficient (Wildman–Crippen LogP) is 2.41.